The molecule has 0 saturated carbocycles. The summed E-state index contributed by atoms with van der Waals surface area (Å²) in [5.41, 5.74) is 0.852. The highest BCUT2D eigenvalue weighted by Gasteiger charge is 2.20. The number of aromatic nitrogens is 2. The molecule has 1 aromatic heterocycles. The second kappa shape index (κ2) is 6.48. The van der Waals surface area contributed by atoms with Gasteiger partial charge in [0.15, 0.2) is 0 Å². The number of hydrogen-bond acceptors (Lipinski definition) is 6. The quantitative estimate of drug-likeness (QED) is 0.861. The fraction of sp³-hybridized carbons (Fsp3) is 0.312. The van der Waals surface area contributed by atoms with Crippen LogP contribution in [-0.2, 0) is 0 Å². The fourth-order valence-electron chi connectivity index (χ4n) is 2.55. The van der Waals surface area contributed by atoms with Crippen LogP contribution in [0.4, 0.5) is 16.0 Å². The van der Waals surface area contributed by atoms with Crippen molar-refractivity contribution in [2.75, 3.05) is 43.1 Å². The topological polar surface area (TPSA) is 65.3 Å². The number of hydrogen-bond donors (Lipinski definition) is 0. The molecule has 0 unspecified atom stereocenters. The predicted octanol–water partition coefficient (Wildman–Crippen LogP) is 1.82. The number of methoxy groups -OCH3 is 1. The van der Waals surface area contributed by atoms with E-state index < -0.39 is 5.82 Å². The number of halogens is 1. The maximum absolute atomic E-state index is 13.7. The van der Waals surface area contributed by atoms with Gasteiger partial charge in [0.1, 0.15) is 11.9 Å². The Morgan fingerprint density at radius 2 is 1.91 bits per heavy atom. The molecule has 0 bridgehead atoms. The maximum atomic E-state index is 13.7. The van der Waals surface area contributed by atoms with Gasteiger partial charge in [0.2, 0.25) is 11.8 Å². The third-order valence-corrected chi connectivity index (χ3v) is 3.83. The molecule has 23 heavy (non-hydrogen) atoms. The van der Waals surface area contributed by atoms with Crippen LogP contribution in [0.5, 0.6) is 5.88 Å². The SMILES string of the molecule is COc1ccnc(N2CCN(c3ccc(C#N)c(F)c3)CC2)n1. The zero-order chi connectivity index (χ0) is 16.2. The minimum Gasteiger partial charge on any atom is -0.481 e. The van der Waals surface area contributed by atoms with Crippen molar-refractivity contribution in [1.29, 1.82) is 5.26 Å². The summed E-state index contributed by atoms with van der Waals surface area (Å²) in [5.74, 6) is 0.685. The molecule has 0 radical (unpaired) electrons. The molecule has 6 nitrogen and oxygen atoms in total. The van der Waals surface area contributed by atoms with Gasteiger partial charge in [0, 0.05) is 44.1 Å². The first-order chi connectivity index (χ1) is 11.2. The van der Waals surface area contributed by atoms with Crippen LogP contribution in [0.15, 0.2) is 30.5 Å². The summed E-state index contributed by atoms with van der Waals surface area (Å²) in [4.78, 5) is 12.7. The highest BCUT2D eigenvalue weighted by molar-refractivity contribution is 5.52. The molecule has 0 aliphatic carbocycles. The van der Waals surface area contributed by atoms with E-state index >= 15 is 0 Å². The second-order valence-electron chi connectivity index (χ2n) is 5.15. The standard InChI is InChI=1S/C16H16FN5O/c1-23-15-4-5-19-16(20-15)22-8-6-21(7-9-22)13-3-2-12(11-18)14(17)10-13/h2-5,10H,6-9H2,1H3. The van der Waals surface area contributed by atoms with Gasteiger partial charge in [-0.25, -0.2) is 9.37 Å². The van der Waals surface area contributed by atoms with Crippen LogP contribution < -0.4 is 14.5 Å². The lowest BCUT2D eigenvalue weighted by molar-refractivity contribution is 0.396. The van der Waals surface area contributed by atoms with Gasteiger partial charge in [0.05, 0.1) is 12.7 Å². The van der Waals surface area contributed by atoms with Crippen LogP contribution in [-0.4, -0.2) is 43.3 Å². The minimum atomic E-state index is -0.483. The number of ether oxygens (including phenoxy) is 1. The Morgan fingerprint density at radius 3 is 2.57 bits per heavy atom. The van der Waals surface area contributed by atoms with E-state index in [-0.39, 0.29) is 5.56 Å². The third kappa shape index (κ3) is 3.16. The molecule has 1 aromatic carbocycles. The van der Waals surface area contributed by atoms with Gasteiger partial charge in [-0.15, -0.1) is 0 Å². The Morgan fingerprint density at radius 1 is 1.17 bits per heavy atom. The number of rotatable bonds is 3. The summed E-state index contributed by atoms with van der Waals surface area (Å²) in [6.07, 6.45) is 1.67. The van der Waals surface area contributed by atoms with E-state index in [0.29, 0.717) is 11.8 Å². The van der Waals surface area contributed by atoms with Gasteiger partial charge in [-0.1, -0.05) is 0 Å². The largest absolute Gasteiger partial charge is 0.481 e. The first-order valence-corrected chi connectivity index (χ1v) is 7.28. The Hall–Kier alpha value is -2.88. The number of anilines is 2. The molecule has 3 rings (SSSR count). The first kappa shape index (κ1) is 15.0. The Balaban J connectivity index is 1.68. The van der Waals surface area contributed by atoms with E-state index in [1.165, 1.54) is 12.1 Å². The maximum Gasteiger partial charge on any atom is 0.228 e. The molecule has 1 fully saturated rings. The normalized spacial score (nSPS) is 14.5. The fourth-order valence-corrected chi connectivity index (χ4v) is 2.55. The zero-order valence-corrected chi connectivity index (χ0v) is 12.7. The van der Waals surface area contributed by atoms with Crippen molar-refractivity contribution in [2.24, 2.45) is 0 Å². The highest BCUT2D eigenvalue weighted by Crippen LogP contribution is 2.21. The lowest BCUT2D eigenvalue weighted by atomic mass is 10.2. The molecule has 0 spiro atoms. The average Bonchev–Trinajstić information content (AvgIpc) is 2.62. The Bertz CT molecular complexity index is 737. The molecule has 0 amide bonds. The van der Waals surface area contributed by atoms with Crippen LogP contribution in [0.2, 0.25) is 0 Å². The predicted molar refractivity (Wildman–Crippen MR) is 84.1 cm³/mol. The van der Waals surface area contributed by atoms with Crippen molar-refractivity contribution in [3.63, 3.8) is 0 Å². The van der Waals surface area contributed by atoms with Crippen molar-refractivity contribution in [3.8, 4) is 11.9 Å². The molecule has 0 atom stereocenters. The molecule has 1 saturated heterocycles. The summed E-state index contributed by atoms with van der Waals surface area (Å²) in [5, 5.41) is 8.79. The minimum absolute atomic E-state index is 0.0668. The van der Waals surface area contributed by atoms with Crippen LogP contribution in [0.1, 0.15) is 5.56 Å². The molecule has 2 heterocycles. The number of benzene rings is 1. The van der Waals surface area contributed by atoms with E-state index in [4.69, 9.17) is 10.00 Å². The van der Waals surface area contributed by atoms with Crippen molar-refractivity contribution in [1.82, 2.24) is 9.97 Å². The van der Waals surface area contributed by atoms with Gasteiger partial charge in [0.25, 0.3) is 0 Å². The van der Waals surface area contributed by atoms with E-state index in [2.05, 4.69) is 19.8 Å². The molecule has 7 heteroatoms. The van der Waals surface area contributed by atoms with E-state index in [0.717, 1.165) is 31.9 Å². The summed E-state index contributed by atoms with van der Waals surface area (Å²) in [6, 6.07) is 8.25. The second-order valence-corrected chi connectivity index (χ2v) is 5.15. The average molecular weight is 313 g/mol. The number of nitrogens with zero attached hydrogens (tertiary/aromatic N) is 5. The van der Waals surface area contributed by atoms with Gasteiger partial charge in [-0.2, -0.15) is 10.2 Å². The zero-order valence-electron chi connectivity index (χ0n) is 12.7. The summed E-state index contributed by atoms with van der Waals surface area (Å²) >= 11 is 0. The van der Waals surface area contributed by atoms with Crippen LogP contribution >= 0.6 is 0 Å². The summed E-state index contributed by atoms with van der Waals surface area (Å²) in [6.45, 7) is 2.92. The molecule has 1 aliphatic rings. The van der Waals surface area contributed by atoms with E-state index in [1.807, 2.05) is 6.07 Å². The Labute approximate surface area is 133 Å². The van der Waals surface area contributed by atoms with Crippen molar-refractivity contribution in [2.45, 2.75) is 0 Å². The van der Waals surface area contributed by atoms with E-state index in [9.17, 15) is 4.39 Å². The number of nitriles is 1. The van der Waals surface area contributed by atoms with Crippen LogP contribution in [0.3, 0.4) is 0 Å². The molecule has 2 aromatic rings. The third-order valence-electron chi connectivity index (χ3n) is 3.83. The molecular weight excluding hydrogens is 297 g/mol. The van der Waals surface area contributed by atoms with Gasteiger partial charge in [-0.3, -0.25) is 0 Å². The van der Waals surface area contributed by atoms with Gasteiger partial charge >= 0.3 is 0 Å². The molecule has 0 N–H and O–H groups in total. The summed E-state index contributed by atoms with van der Waals surface area (Å²) < 4.78 is 18.9. The van der Waals surface area contributed by atoms with Crippen LogP contribution in [0.25, 0.3) is 0 Å². The van der Waals surface area contributed by atoms with Crippen molar-refractivity contribution in [3.05, 3.63) is 41.8 Å². The highest BCUT2D eigenvalue weighted by atomic mass is 19.1. The van der Waals surface area contributed by atoms with Crippen molar-refractivity contribution >= 4 is 11.6 Å². The number of piperazine rings is 1. The smallest absolute Gasteiger partial charge is 0.228 e. The monoisotopic (exact) mass is 313 g/mol. The Kier molecular flexibility index (Phi) is 4.24. The molecule has 1 aliphatic heterocycles. The van der Waals surface area contributed by atoms with Crippen LogP contribution in [0, 0.1) is 17.1 Å². The lowest BCUT2D eigenvalue weighted by Gasteiger charge is -2.36. The van der Waals surface area contributed by atoms with Crippen molar-refractivity contribution < 1.29 is 9.13 Å². The summed E-state index contributed by atoms with van der Waals surface area (Å²) in [7, 11) is 1.57. The molecule has 118 valence electrons. The van der Waals surface area contributed by atoms with Gasteiger partial charge < -0.3 is 14.5 Å². The van der Waals surface area contributed by atoms with E-state index in [1.54, 1.807) is 25.4 Å². The first-order valence-electron chi connectivity index (χ1n) is 7.28. The lowest BCUT2D eigenvalue weighted by Crippen LogP contribution is -2.47. The molecular formula is C16H16FN5O. The van der Waals surface area contributed by atoms with Gasteiger partial charge in [-0.05, 0) is 18.2 Å².